The number of carbonyl (C=O) groups is 1. The van der Waals surface area contributed by atoms with Gasteiger partial charge in [0.25, 0.3) is 0 Å². The van der Waals surface area contributed by atoms with Crippen LogP contribution in [0, 0.1) is 0 Å². The van der Waals surface area contributed by atoms with Crippen molar-refractivity contribution in [1.82, 2.24) is 15.1 Å². The van der Waals surface area contributed by atoms with Crippen molar-refractivity contribution in [3.63, 3.8) is 0 Å². The second-order valence-electron chi connectivity index (χ2n) is 4.84. The van der Waals surface area contributed by atoms with Crippen molar-refractivity contribution in [3.05, 3.63) is 34.3 Å². The van der Waals surface area contributed by atoms with Crippen molar-refractivity contribution in [2.45, 2.75) is 12.6 Å². The highest BCUT2D eigenvalue weighted by Crippen LogP contribution is 2.20. The standard InChI is InChI=1S/C13H16BrN3O/c14-11-3-1-10(2-4-11)8-16-9-12-7-15-5-6-17(12)13(16)18/h1-4,12,15H,5-9H2. The fourth-order valence-corrected chi connectivity index (χ4v) is 2.90. The van der Waals surface area contributed by atoms with E-state index in [1.807, 2.05) is 21.9 Å². The molecular formula is C13H16BrN3O. The lowest BCUT2D eigenvalue weighted by Gasteiger charge is -2.28. The van der Waals surface area contributed by atoms with Gasteiger partial charge in [-0.3, -0.25) is 0 Å². The van der Waals surface area contributed by atoms with Gasteiger partial charge in [0, 0.05) is 37.2 Å². The Morgan fingerprint density at radius 3 is 2.83 bits per heavy atom. The number of rotatable bonds is 2. The van der Waals surface area contributed by atoms with E-state index in [-0.39, 0.29) is 6.03 Å². The fraction of sp³-hybridized carbons (Fsp3) is 0.462. The van der Waals surface area contributed by atoms with Crippen LogP contribution >= 0.6 is 15.9 Å². The van der Waals surface area contributed by atoms with E-state index in [1.54, 1.807) is 0 Å². The first-order chi connectivity index (χ1) is 8.74. The number of piperazine rings is 1. The minimum atomic E-state index is 0.185. The Hall–Kier alpha value is -1.07. The Morgan fingerprint density at radius 1 is 1.33 bits per heavy atom. The second kappa shape index (κ2) is 4.90. The van der Waals surface area contributed by atoms with Crippen LogP contribution in [0.2, 0.25) is 0 Å². The third kappa shape index (κ3) is 2.24. The van der Waals surface area contributed by atoms with Crippen LogP contribution in [-0.4, -0.2) is 48.1 Å². The predicted octanol–water partition coefficient (Wildman–Crippen LogP) is 1.66. The smallest absolute Gasteiger partial charge is 0.318 e. The summed E-state index contributed by atoms with van der Waals surface area (Å²) in [6.45, 7) is 4.21. The third-order valence-electron chi connectivity index (χ3n) is 3.58. The van der Waals surface area contributed by atoms with Crippen molar-refractivity contribution in [1.29, 1.82) is 0 Å². The van der Waals surface area contributed by atoms with E-state index in [2.05, 4.69) is 33.4 Å². The molecule has 0 aromatic heterocycles. The van der Waals surface area contributed by atoms with E-state index in [1.165, 1.54) is 5.56 Å². The maximum atomic E-state index is 12.2. The molecule has 2 heterocycles. The molecule has 1 N–H and O–H groups in total. The van der Waals surface area contributed by atoms with E-state index in [0.29, 0.717) is 12.6 Å². The number of halogens is 1. The highest BCUT2D eigenvalue weighted by atomic mass is 79.9. The quantitative estimate of drug-likeness (QED) is 0.902. The molecule has 96 valence electrons. The highest BCUT2D eigenvalue weighted by molar-refractivity contribution is 9.10. The Labute approximate surface area is 115 Å². The maximum Gasteiger partial charge on any atom is 0.320 e. The van der Waals surface area contributed by atoms with E-state index in [0.717, 1.165) is 30.7 Å². The summed E-state index contributed by atoms with van der Waals surface area (Å²) in [6.07, 6.45) is 0. The van der Waals surface area contributed by atoms with Crippen molar-refractivity contribution in [2.24, 2.45) is 0 Å². The molecule has 0 bridgehead atoms. The SMILES string of the molecule is O=C1N(Cc2ccc(Br)cc2)CC2CNCCN12. The molecule has 4 nitrogen and oxygen atoms in total. The lowest BCUT2D eigenvalue weighted by atomic mass is 10.2. The number of hydrogen-bond donors (Lipinski definition) is 1. The average Bonchev–Trinajstić information content (AvgIpc) is 2.70. The van der Waals surface area contributed by atoms with Crippen molar-refractivity contribution >= 4 is 22.0 Å². The molecule has 1 unspecified atom stereocenters. The highest BCUT2D eigenvalue weighted by Gasteiger charge is 2.38. The molecule has 2 aliphatic rings. The third-order valence-corrected chi connectivity index (χ3v) is 4.11. The van der Waals surface area contributed by atoms with Gasteiger partial charge < -0.3 is 15.1 Å². The van der Waals surface area contributed by atoms with Crippen LogP contribution in [0.4, 0.5) is 4.79 Å². The Balaban J connectivity index is 1.70. The Kier molecular flexibility index (Phi) is 3.26. The Morgan fingerprint density at radius 2 is 2.11 bits per heavy atom. The van der Waals surface area contributed by atoms with Gasteiger partial charge >= 0.3 is 6.03 Å². The van der Waals surface area contributed by atoms with E-state index in [9.17, 15) is 4.79 Å². The van der Waals surface area contributed by atoms with E-state index >= 15 is 0 Å². The van der Waals surface area contributed by atoms with Gasteiger partial charge in [-0.1, -0.05) is 28.1 Å². The molecule has 2 amide bonds. The molecule has 5 heteroatoms. The number of carbonyl (C=O) groups excluding carboxylic acids is 1. The molecule has 18 heavy (non-hydrogen) atoms. The second-order valence-corrected chi connectivity index (χ2v) is 5.76. The number of nitrogens with zero attached hydrogens (tertiary/aromatic N) is 2. The zero-order chi connectivity index (χ0) is 12.5. The summed E-state index contributed by atoms with van der Waals surface area (Å²) in [6, 6.07) is 8.70. The summed E-state index contributed by atoms with van der Waals surface area (Å²) in [5.41, 5.74) is 1.18. The van der Waals surface area contributed by atoms with Crippen molar-refractivity contribution < 1.29 is 4.79 Å². The van der Waals surface area contributed by atoms with Gasteiger partial charge in [0.1, 0.15) is 0 Å². The van der Waals surface area contributed by atoms with Gasteiger partial charge in [0.05, 0.1) is 6.04 Å². The number of hydrogen-bond acceptors (Lipinski definition) is 2. The van der Waals surface area contributed by atoms with Gasteiger partial charge in [-0.15, -0.1) is 0 Å². The summed E-state index contributed by atoms with van der Waals surface area (Å²) < 4.78 is 1.07. The van der Waals surface area contributed by atoms with Gasteiger partial charge in [-0.05, 0) is 17.7 Å². The molecule has 2 aliphatic heterocycles. The maximum absolute atomic E-state index is 12.2. The topological polar surface area (TPSA) is 35.6 Å². The summed E-state index contributed by atoms with van der Waals surface area (Å²) >= 11 is 3.42. The number of fused-ring (bicyclic) bond motifs is 1. The molecule has 0 spiro atoms. The molecule has 1 atom stereocenters. The van der Waals surface area contributed by atoms with Crippen LogP contribution in [0.1, 0.15) is 5.56 Å². The first-order valence-corrected chi connectivity index (χ1v) is 7.04. The summed E-state index contributed by atoms with van der Waals surface area (Å²) in [4.78, 5) is 16.2. The number of amides is 2. The lowest BCUT2D eigenvalue weighted by molar-refractivity contribution is 0.178. The molecular weight excluding hydrogens is 294 g/mol. The average molecular weight is 310 g/mol. The largest absolute Gasteiger partial charge is 0.320 e. The Bertz CT molecular complexity index is 448. The molecule has 3 rings (SSSR count). The molecule has 0 radical (unpaired) electrons. The monoisotopic (exact) mass is 309 g/mol. The summed E-state index contributed by atoms with van der Waals surface area (Å²) in [5, 5.41) is 3.34. The van der Waals surface area contributed by atoms with Gasteiger partial charge in [0.15, 0.2) is 0 Å². The minimum absolute atomic E-state index is 0.185. The number of benzene rings is 1. The van der Waals surface area contributed by atoms with Crippen LogP contribution in [0.5, 0.6) is 0 Å². The molecule has 0 saturated carbocycles. The van der Waals surface area contributed by atoms with Gasteiger partial charge in [0.2, 0.25) is 0 Å². The first kappa shape index (κ1) is 12.0. The summed E-state index contributed by atoms with van der Waals surface area (Å²) in [5.74, 6) is 0. The first-order valence-electron chi connectivity index (χ1n) is 6.25. The number of urea groups is 1. The number of nitrogens with one attached hydrogen (secondary N) is 1. The van der Waals surface area contributed by atoms with Crippen molar-refractivity contribution in [2.75, 3.05) is 26.2 Å². The minimum Gasteiger partial charge on any atom is -0.318 e. The molecule has 1 aromatic rings. The molecule has 2 fully saturated rings. The van der Waals surface area contributed by atoms with Crippen LogP contribution in [0.3, 0.4) is 0 Å². The van der Waals surface area contributed by atoms with Crippen LogP contribution in [-0.2, 0) is 6.54 Å². The zero-order valence-electron chi connectivity index (χ0n) is 10.1. The lowest BCUT2D eigenvalue weighted by Crippen LogP contribution is -2.49. The van der Waals surface area contributed by atoms with E-state index in [4.69, 9.17) is 0 Å². The van der Waals surface area contributed by atoms with Gasteiger partial charge in [-0.2, -0.15) is 0 Å². The molecule has 1 aromatic carbocycles. The predicted molar refractivity (Wildman–Crippen MR) is 73.3 cm³/mol. The van der Waals surface area contributed by atoms with Crippen LogP contribution < -0.4 is 5.32 Å². The molecule has 0 aliphatic carbocycles. The van der Waals surface area contributed by atoms with Crippen LogP contribution in [0.15, 0.2) is 28.7 Å². The van der Waals surface area contributed by atoms with E-state index < -0.39 is 0 Å². The zero-order valence-corrected chi connectivity index (χ0v) is 11.7. The molecule has 2 saturated heterocycles. The summed E-state index contributed by atoms with van der Waals surface area (Å²) in [7, 11) is 0. The van der Waals surface area contributed by atoms with Crippen LogP contribution in [0.25, 0.3) is 0 Å². The fourth-order valence-electron chi connectivity index (χ4n) is 2.63. The van der Waals surface area contributed by atoms with Gasteiger partial charge in [-0.25, -0.2) is 4.79 Å². The van der Waals surface area contributed by atoms with Crippen molar-refractivity contribution in [3.8, 4) is 0 Å². The normalized spacial score (nSPS) is 23.4.